The molecule has 2 aromatic carbocycles. The Morgan fingerprint density at radius 3 is 2.42 bits per heavy atom. The van der Waals surface area contributed by atoms with Gasteiger partial charge in [0.2, 0.25) is 0 Å². The number of rotatable bonds is 5. The molecule has 0 aliphatic rings. The van der Waals surface area contributed by atoms with Crippen molar-refractivity contribution < 1.29 is 9.90 Å². The van der Waals surface area contributed by atoms with E-state index in [1.807, 2.05) is 12.1 Å². The van der Waals surface area contributed by atoms with Crippen molar-refractivity contribution in [3.8, 4) is 0 Å². The minimum Gasteiger partial charge on any atom is -0.478 e. The Morgan fingerprint density at radius 2 is 1.79 bits per heavy atom. The Morgan fingerprint density at radius 1 is 1.11 bits per heavy atom. The summed E-state index contributed by atoms with van der Waals surface area (Å²) in [6.45, 7) is 2.94. The summed E-state index contributed by atoms with van der Waals surface area (Å²) in [6.07, 6.45) is 0.952. The number of aryl methyl sites for hydroxylation is 1. The predicted molar refractivity (Wildman–Crippen MR) is 76.8 cm³/mol. The maximum atomic E-state index is 10.7. The van der Waals surface area contributed by atoms with E-state index in [0.29, 0.717) is 5.56 Å². The van der Waals surface area contributed by atoms with Gasteiger partial charge in [-0.3, -0.25) is 0 Å². The maximum absolute atomic E-state index is 10.7. The smallest absolute Gasteiger partial charge is 0.335 e. The molecule has 0 amide bonds. The molecule has 0 aliphatic heterocycles. The summed E-state index contributed by atoms with van der Waals surface area (Å²) in [4.78, 5) is 10.7. The van der Waals surface area contributed by atoms with Crippen molar-refractivity contribution in [2.75, 3.05) is 11.9 Å². The largest absolute Gasteiger partial charge is 0.478 e. The fourth-order valence-corrected chi connectivity index (χ4v) is 1.96. The van der Waals surface area contributed by atoms with Crippen molar-refractivity contribution in [3.05, 3.63) is 65.2 Å². The standard InChI is InChI=1S/C16H17NO2/c1-12-4-2-3-5-13(12)10-11-17-15-8-6-14(7-9-15)16(18)19/h2-9,17H,10-11H2,1H3,(H,18,19). The number of nitrogens with one attached hydrogen (secondary N) is 1. The maximum Gasteiger partial charge on any atom is 0.335 e. The van der Waals surface area contributed by atoms with Crippen LogP contribution in [0.3, 0.4) is 0 Å². The van der Waals surface area contributed by atoms with Crippen LogP contribution in [0.15, 0.2) is 48.5 Å². The van der Waals surface area contributed by atoms with Crippen LogP contribution < -0.4 is 5.32 Å². The molecule has 19 heavy (non-hydrogen) atoms. The average Bonchev–Trinajstić information content (AvgIpc) is 2.41. The van der Waals surface area contributed by atoms with E-state index in [1.165, 1.54) is 11.1 Å². The van der Waals surface area contributed by atoms with Gasteiger partial charge in [-0.15, -0.1) is 0 Å². The second-order valence-corrected chi connectivity index (χ2v) is 4.49. The molecule has 0 unspecified atom stereocenters. The Hall–Kier alpha value is -2.29. The number of carboxylic acid groups (broad SMARTS) is 1. The van der Waals surface area contributed by atoms with Gasteiger partial charge in [0.05, 0.1) is 5.56 Å². The van der Waals surface area contributed by atoms with Crippen molar-refractivity contribution in [1.29, 1.82) is 0 Å². The molecule has 2 N–H and O–H groups in total. The second kappa shape index (κ2) is 6.05. The van der Waals surface area contributed by atoms with Gasteiger partial charge in [-0.2, -0.15) is 0 Å². The lowest BCUT2D eigenvalue weighted by Crippen LogP contribution is -2.06. The van der Waals surface area contributed by atoms with Gasteiger partial charge >= 0.3 is 5.97 Å². The van der Waals surface area contributed by atoms with Gasteiger partial charge in [-0.05, 0) is 48.7 Å². The van der Waals surface area contributed by atoms with E-state index in [2.05, 4.69) is 24.4 Å². The average molecular weight is 255 g/mol. The van der Waals surface area contributed by atoms with Crippen LogP contribution in [0.2, 0.25) is 0 Å². The number of carbonyl (C=O) groups is 1. The SMILES string of the molecule is Cc1ccccc1CCNc1ccc(C(=O)O)cc1. The summed E-state index contributed by atoms with van der Waals surface area (Å²) in [5.74, 6) is -0.897. The summed E-state index contributed by atoms with van der Waals surface area (Å²) in [5, 5.41) is 12.1. The zero-order valence-electron chi connectivity index (χ0n) is 10.9. The fourth-order valence-electron chi connectivity index (χ4n) is 1.96. The normalized spacial score (nSPS) is 10.2. The fraction of sp³-hybridized carbons (Fsp3) is 0.188. The quantitative estimate of drug-likeness (QED) is 0.861. The van der Waals surface area contributed by atoms with Gasteiger partial charge < -0.3 is 10.4 Å². The summed E-state index contributed by atoms with van der Waals surface area (Å²) >= 11 is 0. The van der Waals surface area contributed by atoms with E-state index in [9.17, 15) is 4.79 Å². The van der Waals surface area contributed by atoms with Crippen molar-refractivity contribution in [2.24, 2.45) is 0 Å². The van der Waals surface area contributed by atoms with Crippen LogP contribution in [0.25, 0.3) is 0 Å². The predicted octanol–water partition coefficient (Wildman–Crippen LogP) is 3.35. The van der Waals surface area contributed by atoms with Gasteiger partial charge in [0.15, 0.2) is 0 Å². The second-order valence-electron chi connectivity index (χ2n) is 4.49. The van der Waals surface area contributed by atoms with Crippen LogP contribution in [0.1, 0.15) is 21.5 Å². The monoisotopic (exact) mass is 255 g/mol. The van der Waals surface area contributed by atoms with Gasteiger partial charge in [0, 0.05) is 12.2 Å². The van der Waals surface area contributed by atoms with E-state index in [0.717, 1.165) is 18.7 Å². The van der Waals surface area contributed by atoms with E-state index in [4.69, 9.17) is 5.11 Å². The van der Waals surface area contributed by atoms with Crippen molar-refractivity contribution in [2.45, 2.75) is 13.3 Å². The number of benzene rings is 2. The molecule has 3 heteroatoms. The molecule has 0 saturated carbocycles. The molecular formula is C16H17NO2. The molecule has 0 spiro atoms. The molecular weight excluding hydrogens is 238 g/mol. The number of hydrogen-bond acceptors (Lipinski definition) is 2. The van der Waals surface area contributed by atoms with Gasteiger partial charge in [0.1, 0.15) is 0 Å². The molecule has 0 saturated heterocycles. The summed E-state index contributed by atoms with van der Waals surface area (Å²) in [6, 6.07) is 15.1. The lowest BCUT2D eigenvalue weighted by atomic mass is 10.1. The Bertz CT molecular complexity index is 561. The molecule has 2 aromatic rings. The summed E-state index contributed by atoms with van der Waals surface area (Å²) in [5.41, 5.74) is 3.88. The van der Waals surface area contributed by atoms with Crippen molar-refractivity contribution >= 4 is 11.7 Å². The van der Waals surface area contributed by atoms with E-state index < -0.39 is 5.97 Å². The molecule has 0 aromatic heterocycles. The third-order valence-electron chi connectivity index (χ3n) is 3.12. The lowest BCUT2D eigenvalue weighted by Gasteiger charge is -2.08. The van der Waals surface area contributed by atoms with E-state index in [-0.39, 0.29) is 0 Å². The van der Waals surface area contributed by atoms with Crippen molar-refractivity contribution in [1.82, 2.24) is 0 Å². The molecule has 3 nitrogen and oxygen atoms in total. The molecule has 0 atom stereocenters. The zero-order valence-corrected chi connectivity index (χ0v) is 10.9. The Labute approximate surface area is 112 Å². The van der Waals surface area contributed by atoms with Crippen molar-refractivity contribution in [3.63, 3.8) is 0 Å². The van der Waals surface area contributed by atoms with Crippen LogP contribution in [-0.2, 0) is 6.42 Å². The van der Waals surface area contributed by atoms with Gasteiger partial charge in [-0.25, -0.2) is 4.79 Å². The lowest BCUT2D eigenvalue weighted by molar-refractivity contribution is 0.0697. The minimum absolute atomic E-state index is 0.310. The third-order valence-corrected chi connectivity index (χ3v) is 3.12. The number of aromatic carboxylic acids is 1. The minimum atomic E-state index is -0.897. The van der Waals surface area contributed by atoms with Crippen LogP contribution in [0, 0.1) is 6.92 Å². The zero-order chi connectivity index (χ0) is 13.7. The first-order valence-corrected chi connectivity index (χ1v) is 6.28. The number of anilines is 1. The van der Waals surface area contributed by atoms with Crippen LogP contribution in [-0.4, -0.2) is 17.6 Å². The summed E-state index contributed by atoms with van der Waals surface area (Å²) < 4.78 is 0. The van der Waals surface area contributed by atoms with E-state index >= 15 is 0 Å². The highest BCUT2D eigenvalue weighted by atomic mass is 16.4. The number of carboxylic acids is 1. The third kappa shape index (κ3) is 3.58. The highest BCUT2D eigenvalue weighted by Crippen LogP contribution is 2.11. The Kier molecular flexibility index (Phi) is 4.18. The van der Waals surface area contributed by atoms with Gasteiger partial charge in [0.25, 0.3) is 0 Å². The molecule has 2 rings (SSSR count). The van der Waals surface area contributed by atoms with E-state index in [1.54, 1.807) is 24.3 Å². The first-order valence-electron chi connectivity index (χ1n) is 6.28. The van der Waals surface area contributed by atoms with Crippen LogP contribution >= 0.6 is 0 Å². The first kappa shape index (κ1) is 13.1. The molecule has 0 aliphatic carbocycles. The first-order chi connectivity index (χ1) is 9.16. The molecule has 98 valence electrons. The van der Waals surface area contributed by atoms with Crippen LogP contribution in [0.4, 0.5) is 5.69 Å². The number of hydrogen-bond donors (Lipinski definition) is 2. The summed E-state index contributed by atoms with van der Waals surface area (Å²) in [7, 11) is 0. The highest BCUT2D eigenvalue weighted by molar-refractivity contribution is 5.87. The highest BCUT2D eigenvalue weighted by Gasteiger charge is 2.01. The van der Waals surface area contributed by atoms with Crippen LogP contribution in [0.5, 0.6) is 0 Å². The van der Waals surface area contributed by atoms with Gasteiger partial charge in [-0.1, -0.05) is 24.3 Å². The molecule has 0 heterocycles. The topological polar surface area (TPSA) is 49.3 Å². The molecule has 0 radical (unpaired) electrons. The molecule has 0 bridgehead atoms. The Balaban J connectivity index is 1.89. The molecule has 0 fully saturated rings.